The highest BCUT2D eigenvalue weighted by Crippen LogP contribution is 2.05. The van der Waals surface area contributed by atoms with Crippen molar-refractivity contribution in [1.29, 1.82) is 0 Å². The Morgan fingerprint density at radius 3 is 2.18 bits per heavy atom. The summed E-state index contributed by atoms with van der Waals surface area (Å²) in [5, 5.41) is 0. The quantitative estimate of drug-likeness (QED) is 0.653. The van der Waals surface area contributed by atoms with Gasteiger partial charge in [-0.1, -0.05) is 13.8 Å². The van der Waals surface area contributed by atoms with Gasteiger partial charge in [0, 0.05) is 6.04 Å². The van der Waals surface area contributed by atoms with Gasteiger partial charge in [0.05, 0.1) is 0 Å². The van der Waals surface area contributed by atoms with Crippen LogP contribution in [0.25, 0.3) is 0 Å². The van der Waals surface area contributed by atoms with Gasteiger partial charge in [-0.2, -0.15) is 0 Å². The van der Waals surface area contributed by atoms with Crippen LogP contribution in [-0.2, 0) is 0 Å². The molecule has 0 aromatic rings. The normalized spacial score (nSPS) is 14.5. The molecule has 0 heterocycles. The lowest BCUT2D eigenvalue weighted by Gasteiger charge is -2.16. The van der Waals surface area contributed by atoms with Gasteiger partial charge in [0.25, 0.3) is 0 Å². The van der Waals surface area contributed by atoms with Crippen LogP contribution < -0.4 is 5.73 Å². The molecule has 2 heteroatoms. The lowest BCUT2D eigenvalue weighted by atomic mass is 10.0. The highest BCUT2D eigenvalue weighted by Gasteiger charge is 2.06. The van der Waals surface area contributed by atoms with Crippen LogP contribution in [0.3, 0.4) is 0 Å². The first-order chi connectivity index (χ1) is 5.04. The fourth-order valence-corrected chi connectivity index (χ4v) is 0.977. The van der Waals surface area contributed by atoms with Crippen molar-refractivity contribution < 1.29 is 0 Å². The van der Waals surface area contributed by atoms with Crippen LogP contribution in [0.2, 0.25) is 0 Å². The van der Waals surface area contributed by atoms with Crippen molar-refractivity contribution >= 4 is 0 Å². The van der Waals surface area contributed by atoms with Gasteiger partial charge < -0.3 is 10.6 Å². The third-order valence-corrected chi connectivity index (χ3v) is 2.00. The zero-order valence-corrected chi connectivity index (χ0v) is 8.30. The first kappa shape index (κ1) is 10.9. The summed E-state index contributed by atoms with van der Waals surface area (Å²) >= 11 is 0. The molecule has 0 aromatic carbocycles. The van der Waals surface area contributed by atoms with E-state index in [1.54, 1.807) is 0 Å². The zero-order valence-electron chi connectivity index (χ0n) is 8.30. The number of nitrogens with two attached hydrogens (primary N) is 1. The number of hydrogen-bond acceptors (Lipinski definition) is 2. The molecular formula is C9H22N2. The Morgan fingerprint density at radius 2 is 1.82 bits per heavy atom. The Labute approximate surface area is 70.8 Å². The van der Waals surface area contributed by atoms with Crippen LogP contribution in [0, 0.1) is 5.92 Å². The van der Waals surface area contributed by atoms with E-state index >= 15 is 0 Å². The first-order valence-electron chi connectivity index (χ1n) is 4.44. The Hall–Kier alpha value is -0.0800. The fourth-order valence-electron chi connectivity index (χ4n) is 0.977. The second-order valence-corrected chi connectivity index (χ2v) is 3.85. The summed E-state index contributed by atoms with van der Waals surface area (Å²) in [5.74, 6) is 0.622. The molecule has 0 saturated carbocycles. The van der Waals surface area contributed by atoms with Gasteiger partial charge in [-0.15, -0.1) is 0 Å². The van der Waals surface area contributed by atoms with E-state index in [-0.39, 0.29) is 0 Å². The number of rotatable bonds is 5. The van der Waals surface area contributed by atoms with Crippen molar-refractivity contribution in [2.45, 2.75) is 32.7 Å². The van der Waals surface area contributed by atoms with Gasteiger partial charge in [-0.25, -0.2) is 0 Å². The highest BCUT2D eigenvalue weighted by atomic mass is 15.0. The third kappa shape index (κ3) is 6.32. The summed E-state index contributed by atoms with van der Waals surface area (Å²) in [4.78, 5) is 2.20. The van der Waals surface area contributed by atoms with Crippen molar-refractivity contribution in [3.05, 3.63) is 0 Å². The zero-order chi connectivity index (χ0) is 8.85. The molecule has 68 valence electrons. The minimum atomic E-state index is 0.384. The maximum Gasteiger partial charge on any atom is 0.00623 e. The van der Waals surface area contributed by atoms with E-state index in [1.807, 2.05) is 0 Å². The minimum Gasteiger partial charge on any atom is -0.327 e. The van der Waals surface area contributed by atoms with Gasteiger partial charge in [-0.3, -0.25) is 0 Å². The van der Waals surface area contributed by atoms with Gasteiger partial charge in [-0.05, 0) is 39.4 Å². The molecule has 2 nitrogen and oxygen atoms in total. The summed E-state index contributed by atoms with van der Waals surface area (Å²) in [5.41, 5.74) is 5.88. The van der Waals surface area contributed by atoms with Crippen LogP contribution in [0.1, 0.15) is 26.7 Å². The summed E-state index contributed by atoms with van der Waals surface area (Å²) in [6.07, 6.45) is 2.36. The molecule has 0 rings (SSSR count). The van der Waals surface area contributed by atoms with E-state index in [0.717, 1.165) is 13.0 Å². The van der Waals surface area contributed by atoms with E-state index < -0.39 is 0 Å². The molecule has 0 radical (unpaired) electrons. The molecule has 0 bridgehead atoms. The van der Waals surface area contributed by atoms with E-state index in [4.69, 9.17) is 5.73 Å². The molecule has 0 aromatic heterocycles. The molecule has 0 saturated heterocycles. The third-order valence-electron chi connectivity index (χ3n) is 2.00. The van der Waals surface area contributed by atoms with E-state index in [9.17, 15) is 0 Å². The number of nitrogens with zero attached hydrogens (tertiary/aromatic N) is 1. The van der Waals surface area contributed by atoms with Crippen LogP contribution in [0.5, 0.6) is 0 Å². The predicted molar refractivity (Wildman–Crippen MR) is 50.6 cm³/mol. The van der Waals surface area contributed by atoms with E-state index in [2.05, 4.69) is 32.8 Å². The molecule has 1 unspecified atom stereocenters. The van der Waals surface area contributed by atoms with Crippen LogP contribution in [0.15, 0.2) is 0 Å². The van der Waals surface area contributed by atoms with Gasteiger partial charge in [0.15, 0.2) is 0 Å². The fraction of sp³-hybridized carbons (Fsp3) is 1.00. The largest absolute Gasteiger partial charge is 0.327 e. The Kier molecular flexibility index (Phi) is 5.51. The van der Waals surface area contributed by atoms with Crippen LogP contribution >= 0.6 is 0 Å². The summed E-state index contributed by atoms with van der Waals surface area (Å²) in [7, 11) is 4.20. The maximum atomic E-state index is 5.88. The molecular weight excluding hydrogens is 136 g/mol. The molecule has 0 aliphatic carbocycles. The number of hydrogen-bond donors (Lipinski definition) is 1. The predicted octanol–water partition coefficient (Wildman–Crippen LogP) is 1.31. The van der Waals surface area contributed by atoms with Crippen LogP contribution in [0.4, 0.5) is 0 Å². The van der Waals surface area contributed by atoms with Crippen molar-refractivity contribution in [2.75, 3.05) is 20.6 Å². The molecule has 2 N–H and O–H groups in total. The maximum absolute atomic E-state index is 5.88. The molecule has 0 spiro atoms. The topological polar surface area (TPSA) is 29.3 Å². The molecule has 0 fully saturated rings. The SMILES string of the molecule is CC(C)C(N)CCCN(C)C. The second-order valence-electron chi connectivity index (χ2n) is 3.85. The molecule has 0 amide bonds. The van der Waals surface area contributed by atoms with Gasteiger partial charge in [0.1, 0.15) is 0 Å². The van der Waals surface area contributed by atoms with Crippen LogP contribution in [-0.4, -0.2) is 31.6 Å². The van der Waals surface area contributed by atoms with Crippen molar-refractivity contribution in [3.8, 4) is 0 Å². The van der Waals surface area contributed by atoms with Crippen molar-refractivity contribution in [2.24, 2.45) is 11.7 Å². The Morgan fingerprint density at radius 1 is 1.27 bits per heavy atom. The second kappa shape index (κ2) is 5.56. The molecule has 0 aliphatic rings. The Balaban J connectivity index is 3.24. The Bertz CT molecular complexity index is 89.6. The average molecular weight is 158 g/mol. The standard InChI is InChI=1S/C9H22N2/c1-8(2)9(10)6-5-7-11(3)4/h8-9H,5-7,10H2,1-4H3. The summed E-state index contributed by atoms with van der Waals surface area (Å²) in [6, 6.07) is 0.384. The van der Waals surface area contributed by atoms with Crippen molar-refractivity contribution in [1.82, 2.24) is 4.90 Å². The molecule has 11 heavy (non-hydrogen) atoms. The average Bonchev–Trinajstić information content (AvgIpc) is 1.86. The highest BCUT2D eigenvalue weighted by molar-refractivity contribution is 4.65. The monoisotopic (exact) mass is 158 g/mol. The molecule has 1 atom stereocenters. The first-order valence-corrected chi connectivity index (χ1v) is 4.44. The minimum absolute atomic E-state index is 0.384. The lowest BCUT2D eigenvalue weighted by molar-refractivity contribution is 0.366. The van der Waals surface area contributed by atoms with E-state index in [0.29, 0.717) is 12.0 Å². The lowest BCUT2D eigenvalue weighted by Crippen LogP contribution is -2.27. The smallest absolute Gasteiger partial charge is 0.00623 e. The molecule has 0 aliphatic heterocycles. The summed E-state index contributed by atoms with van der Waals surface area (Å²) in [6.45, 7) is 5.51. The summed E-state index contributed by atoms with van der Waals surface area (Å²) < 4.78 is 0. The van der Waals surface area contributed by atoms with E-state index in [1.165, 1.54) is 6.42 Å². The van der Waals surface area contributed by atoms with Crippen molar-refractivity contribution in [3.63, 3.8) is 0 Å². The van der Waals surface area contributed by atoms with Gasteiger partial charge >= 0.3 is 0 Å². The van der Waals surface area contributed by atoms with Gasteiger partial charge in [0.2, 0.25) is 0 Å².